The van der Waals surface area contributed by atoms with Gasteiger partial charge < -0.3 is 19.8 Å². The quantitative estimate of drug-likeness (QED) is 0.444. The lowest BCUT2D eigenvalue weighted by atomic mass is 10.1. The van der Waals surface area contributed by atoms with E-state index in [1.807, 2.05) is 6.07 Å². The molecule has 0 aliphatic heterocycles. The normalized spacial score (nSPS) is 10.5. The van der Waals surface area contributed by atoms with Crippen LogP contribution in [0, 0.1) is 0 Å². The second-order valence-corrected chi connectivity index (χ2v) is 6.93. The number of nitrogens with one attached hydrogen (secondary N) is 2. The fraction of sp³-hybridized carbons (Fsp3) is 0.0833. The van der Waals surface area contributed by atoms with E-state index in [9.17, 15) is 14.4 Å². The number of amides is 2. The summed E-state index contributed by atoms with van der Waals surface area (Å²) < 4.78 is 10.6. The SMILES string of the molecule is CC(=O)Nc1ccc(NC(=O)COC(=O)c2cc(-c3ccco3)nc3ccccc23)cc1. The van der Waals surface area contributed by atoms with Crippen LogP contribution in [0.4, 0.5) is 11.4 Å². The maximum Gasteiger partial charge on any atom is 0.339 e. The van der Waals surface area contributed by atoms with Crippen molar-refractivity contribution in [3.8, 4) is 11.5 Å². The summed E-state index contributed by atoms with van der Waals surface area (Å²) in [6, 6.07) is 18.8. The molecule has 2 aromatic heterocycles. The zero-order chi connectivity index (χ0) is 22.5. The van der Waals surface area contributed by atoms with Crippen LogP contribution in [-0.4, -0.2) is 29.4 Å². The van der Waals surface area contributed by atoms with Crippen molar-refractivity contribution in [3.63, 3.8) is 0 Å². The molecule has 0 fully saturated rings. The number of hydrogen-bond donors (Lipinski definition) is 2. The predicted molar refractivity (Wildman–Crippen MR) is 119 cm³/mol. The zero-order valence-electron chi connectivity index (χ0n) is 17.1. The predicted octanol–water partition coefficient (Wildman–Crippen LogP) is 4.25. The van der Waals surface area contributed by atoms with Gasteiger partial charge in [-0.2, -0.15) is 0 Å². The van der Waals surface area contributed by atoms with E-state index in [1.54, 1.807) is 60.7 Å². The maximum absolute atomic E-state index is 12.8. The number of ether oxygens (including phenoxy) is 1. The number of carbonyl (C=O) groups excluding carboxylic acids is 3. The second kappa shape index (κ2) is 9.13. The smallest absolute Gasteiger partial charge is 0.339 e. The molecule has 2 amide bonds. The number of pyridine rings is 1. The van der Waals surface area contributed by atoms with Gasteiger partial charge in [0.25, 0.3) is 5.91 Å². The van der Waals surface area contributed by atoms with Gasteiger partial charge >= 0.3 is 5.97 Å². The number of esters is 1. The average molecular weight is 429 g/mol. The van der Waals surface area contributed by atoms with Crippen LogP contribution < -0.4 is 10.6 Å². The Balaban J connectivity index is 1.46. The minimum atomic E-state index is -0.646. The van der Waals surface area contributed by atoms with Crippen molar-refractivity contribution in [1.82, 2.24) is 4.98 Å². The Bertz CT molecular complexity index is 1280. The summed E-state index contributed by atoms with van der Waals surface area (Å²) in [6.45, 7) is 0.951. The van der Waals surface area contributed by atoms with E-state index in [0.717, 1.165) is 0 Å². The monoisotopic (exact) mass is 429 g/mol. The van der Waals surface area contributed by atoms with Gasteiger partial charge in [-0.1, -0.05) is 18.2 Å². The van der Waals surface area contributed by atoms with Crippen molar-refractivity contribution in [2.75, 3.05) is 17.2 Å². The highest BCUT2D eigenvalue weighted by atomic mass is 16.5. The van der Waals surface area contributed by atoms with E-state index in [2.05, 4.69) is 15.6 Å². The molecule has 0 saturated heterocycles. The van der Waals surface area contributed by atoms with Gasteiger partial charge in [-0.3, -0.25) is 9.59 Å². The first-order valence-corrected chi connectivity index (χ1v) is 9.78. The molecule has 0 unspecified atom stereocenters. The highest BCUT2D eigenvalue weighted by molar-refractivity contribution is 6.05. The Hall–Kier alpha value is -4.46. The van der Waals surface area contributed by atoms with E-state index >= 15 is 0 Å². The van der Waals surface area contributed by atoms with Gasteiger partial charge in [0.1, 0.15) is 5.69 Å². The molecule has 2 aromatic carbocycles. The molecule has 2 N–H and O–H groups in total. The maximum atomic E-state index is 12.8. The fourth-order valence-electron chi connectivity index (χ4n) is 3.14. The van der Waals surface area contributed by atoms with Crippen LogP contribution in [-0.2, 0) is 14.3 Å². The minimum absolute atomic E-state index is 0.187. The number of fused-ring (bicyclic) bond motifs is 1. The first-order chi connectivity index (χ1) is 15.5. The molecule has 0 radical (unpaired) electrons. The summed E-state index contributed by atoms with van der Waals surface area (Å²) in [7, 11) is 0. The lowest BCUT2D eigenvalue weighted by Gasteiger charge is -2.10. The molecular weight excluding hydrogens is 410 g/mol. The van der Waals surface area contributed by atoms with E-state index in [1.165, 1.54) is 13.2 Å². The molecule has 0 aliphatic carbocycles. The lowest BCUT2D eigenvalue weighted by molar-refractivity contribution is -0.119. The van der Waals surface area contributed by atoms with Gasteiger partial charge in [0.15, 0.2) is 12.4 Å². The van der Waals surface area contributed by atoms with Crippen molar-refractivity contribution in [1.29, 1.82) is 0 Å². The summed E-state index contributed by atoms with van der Waals surface area (Å²) >= 11 is 0. The Morgan fingerprint density at radius 1 is 0.938 bits per heavy atom. The lowest BCUT2D eigenvalue weighted by Crippen LogP contribution is -2.21. The number of furan rings is 1. The Morgan fingerprint density at radius 2 is 1.66 bits per heavy atom. The number of nitrogens with zero attached hydrogens (tertiary/aromatic N) is 1. The molecule has 8 nitrogen and oxygen atoms in total. The van der Waals surface area contributed by atoms with E-state index in [0.29, 0.717) is 33.7 Å². The molecule has 2 heterocycles. The van der Waals surface area contributed by atoms with Crippen LogP contribution in [0.15, 0.2) is 77.4 Å². The number of hydrogen-bond acceptors (Lipinski definition) is 6. The Morgan fingerprint density at radius 3 is 2.34 bits per heavy atom. The van der Waals surface area contributed by atoms with Gasteiger partial charge in [-0.25, -0.2) is 9.78 Å². The number of benzene rings is 2. The summed E-state index contributed by atoms with van der Waals surface area (Å²) in [6.07, 6.45) is 1.53. The summed E-state index contributed by atoms with van der Waals surface area (Å²) in [4.78, 5) is 40.6. The van der Waals surface area contributed by atoms with Crippen LogP contribution >= 0.6 is 0 Å². The molecule has 4 aromatic rings. The number of para-hydroxylation sites is 1. The first-order valence-electron chi connectivity index (χ1n) is 9.78. The van der Waals surface area contributed by atoms with Crippen molar-refractivity contribution >= 4 is 40.1 Å². The van der Waals surface area contributed by atoms with Gasteiger partial charge in [-0.05, 0) is 48.5 Å². The molecule has 160 valence electrons. The van der Waals surface area contributed by atoms with Gasteiger partial charge in [-0.15, -0.1) is 0 Å². The Kier molecular flexibility index (Phi) is 5.94. The number of anilines is 2. The molecule has 0 saturated carbocycles. The number of rotatable bonds is 6. The number of carbonyl (C=O) groups is 3. The highest BCUT2D eigenvalue weighted by Crippen LogP contribution is 2.25. The molecular formula is C24H19N3O5. The van der Waals surface area contributed by atoms with Gasteiger partial charge in [0.2, 0.25) is 5.91 Å². The van der Waals surface area contributed by atoms with Crippen LogP contribution in [0.3, 0.4) is 0 Å². The summed E-state index contributed by atoms with van der Waals surface area (Å²) in [5, 5.41) is 5.90. The van der Waals surface area contributed by atoms with Crippen molar-refractivity contribution in [2.45, 2.75) is 6.92 Å². The second-order valence-electron chi connectivity index (χ2n) is 6.93. The summed E-state index contributed by atoms with van der Waals surface area (Å²) in [5.74, 6) is -0.805. The van der Waals surface area contributed by atoms with Crippen molar-refractivity contribution in [2.24, 2.45) is 0 Å². The van der Waals surface area contributed by atoms with Gasteiger partial charge in [0.05, 0.1) is 17.3 Å². The van der Waals surface area contributed by atoms with Gasteiger partial charge in [0, 0.05) is 23.7 Å². The van der Waals surface area contributed by atoms with Crippen LogP contribution in [0.2, 0.25) is 0 Å². The van der Waals surface area contributed by atoms with Crippen LogP contribution in [0.25, 0.3) is 22.4 Å². The molecule has 8 heteroatoms. The third-order valence-electron chi connectivity index (χ3n) is 4.53. The standard InChI is InChI=1S/C24H19N3O5/c1-15(28)25-16-8-10-17(11-9-16)26-23(29)14-32-24(30)19-13-21(22-7-4-12-31-22)27-20-6-3-2-5-18(19)20/h2-13H,14H2,1H3,(H,25,28)(H,26,29). The molecule has 0 atom stereocenters. The van der Waals surface area contributed by atoms with Crippen molar-refractivity contribution < 1.29 is 23.5 Å². The van der Waals surface area contributed by atoms with Crippen LogP contribution in [0.5, 0.6) is 0 Å². The van der Waals surface area contributed by atoms with E-state index in [4.69, 9.17) is 9.15 Å². The fourth-order valence-corrected chi connectivity index (χ4v) is 3.14. The van der Waals surface area contributed by atoms with Crippen molar-refractivity contribution in [3.05, 3.63) is 78.6 Å². The van der Waals surface area contributed by atoms with E-state index in [-0.39, 0.29) is 11.5 Å². The molecule has 32 heavy (non-hydrogen) atoms. The third kappa shape index (κ3) is 4.81. The average Bonchev–Trinajstić information content (AvgIpc) is 3.33. The largest absolute Gasteiger partial charge is 0.463 e. The first kappa shape index (κ1) is 20.8. The molecule has 0 aliphatic rings. The highest BCUT2D eigenvalue weighted by Gasteiger charge is 2.17. The van der Waals surface area contributed by atoms with Crippen LogP contribution in [0.1, 0.15) is 17.3 Å². The molecule has 4 rings (SSSR count). The summed E-state index contributed by atoms with van der Waals surface area (Å²) in [5.41, 5.74) is 2.50. The zero-order valence-corrected chi connectivity index (χ0v) is 17.1. The Labute approximate surface area is 183 Å². The molecule has 0 spiro atoms. The third-order valence-corrected chi connectivity index (χ3v) is 4.53. The topological polar surface area (TPSA) is 111 Å². The van der Waals surface area contributed by atoms with E-state index < -0.39 is 18.5 Å². The molecule has 0 bridgehead atoms. The number of aromatic nitrogens is 1. The minimum Gasteiger partial charge on any atom is -0.463 e.